The highest BCUT2D eigenvalue weighted by molar-refractivity contribution is 6.14. The maximum atomic E-state index is 13.5. The van der Waals surface area contributed by atoms with Crippen LogP contribution in [0.4, 0.5) is 5.69 Å². The minimum atomic E-state index is -0.562. The number of aliphatic hydroxyl groups is 1. The first kappa shape index (κ1) is 20.0. The van der Waals surface area contributed by atoms with Gasteiger partial charge in [-0.3, -0.25) is 19.7 Å². The quantitative estimate of drug-likeness (QED) is 0.513. The van der Waals surface area contributed by atoms with Gasteiger partial charge in [0.2, 0.25) is 0 Å². The second kappa shape index (κ2) is 6.91. The zero-order valence-corrected chi connectivity index (χ0v) is 16.6. The second-order valence-corrected chi connectivity index (χ2v) is 8.27. The van der Waals surface area contributed by atoms with Gasteiger partial charge in [0, 0.05) is 47.3 Å². The van der Waals surface area contributed by atoms with E-state index in [1.165, 1.54) is 12.1 Å². The van der Waals surface area contributed by atoms with E-state index in [0.717, 1.165) is 0 Å². The number of nitro benzene ring substituents is 1. The Balaban J connectivity index is 1.89. The monoisotopic (exact) mass is 409 g/mol. The van der Waals surface area contributed by atoms with Crippen molar-refractivity contribution in [1.29, 1.82) is 0 Å². The fourth-order valence-corrected chi connectivity index (χ4v) is 5.51. The van der Waals surface area contributed by atoms with Crippen molar-refractivity contribution in [2.75, 3.05) is 0 Å². The van der Waals surface area contributed by atoms with Crippen molar-refractivity contribution in [2.45, 2.75) is 32.7 Å². The lowest BCUT2D eigenvalue weighted by atomic mass is 9.60. The van der Waals surface area contributed by atoms with Gasteiger partial charge in [-0.25, -0.2) is 0 Å². The number of Topliss-reactive ketones (excluding diaryl/α,β-unsaturated/α-hetero) is 2. The number of ketones is 2. The van der Waals surface area contributed by atoms with Crippen LogP contribution in [0.5, 0.6) is 0 Å². The summed E-state index contributed by atoms with van der Waals surface area (Å²) in [5, 5.41) is 21.9. The van der Waals surface area contributed by atoms with E-state index in [1.54, 1.807) is 6.92 Å². The third kappa shape index (κ3) is 2.71. The van der Waals surface area contributed by atoms with Gasteiger partial charge in [0.1, 0.15) is 5.76 Å². The van der Waals surface area contributed by atoms with Crippen LogP contribution < -0.4 is 11.5 Å². The van der Waals surface area contributed by atoms with Crippen molar-refractivity contribution in [3.63, 3.8) is 0 Å². The molecule has 4 rings (SSSR count). The Bertz CT molecular complexity index is 1100. The van der Waals surface area contributed by atoms with Crippen LogP contribution in [0.25, 0.3) is 0 Å². The first-order valence-corrected chi connectivity index (χ1v) is 9.82. The molecule has 3 aliphatic carbocycles. The van der Waals surface area contributed by atoms with Crippen molar-refractivity contribution >= 4 is 17.3 Å². The van der Waals surface area contributed by atoms with E-state index in [0.29, 0.717) is 40.7 Å². The van der Waals surface area contributed by atoms with Crippen molar-refractivity contribution in [2.24, 2.45) is 29.2 Å². The first-order valence-electron chi connectivity index (χ1n) is 9.82. The van der Waals surface area contributed by atoms with E-state index in [4.69, 9.17) is 11.5 Å². The number of aliphatic hydroxyl groups excluding tert-OH is 1. The Kier molecular flexibility index (Phi) is 4.62. The number of nitrogens with two attached hydrogens (primary N) is 2. The topological polar surface area (TPSA) is 150 Å². The van der Waals surface area contributed by atoms with Gasteiger partial charge in [0.05, 0.1) is 10.5 Å². The summed E-state index contributed by atoms with van der Waals surface area (Å²) in [5.41, 5.74) is 14.0. The minimum Gasteiger partial charge on any atom is -0.511 e. The van der Waals surface area contributed by atoms with Crippen molar-refractivity contribution in [3.8, 4) is 0 Å². The van der Waals surface area contributed by atoms with E-state index in [1.807, 2.05) is 0 Å². The van der Waals surface area contributed by atoms with Crippen LogP contribution in [0.2, 0.25) is 0 Å². The number of carbonyl (C=O) groups excluding carboxylic acids is 2. The largest absolute Gasteiger partial charge is 0.511 e. The van der Waals surface area contributed by atoms with Crippen LogP contribution in [0, 0.1) is 27.9 Å². The molecule has 8 heteroatoms. The molecule has 3 atom stereocenters. The van der Waals surface area contributed by atoms with Gasteiger partial charge < -0.3 is 16.6 Å². The molecule has 0 heterocycles. The predicted molar refractivity (Wildman–Crippen MR) is 109 cm³/mol. The summed E-state index contributed by atoms with van der Waals surface area (Å²) in [5.74, 6) is -1.70. The molecule has 156 valence electrons. The fourth-order valence-electron chi connectivity index (χ4n) is 5.51. The molecule has 5 N–H and O–H groups in total. The third-order valence-corrected chi connectivity index (χ3v) is 6.67. The number of nitrogens with zero attached hydrogens (tertiary/aromatic N) is 1. The first-order chi connectivity index (χ1) is 14.2. The molecule has 0 radical (unpaired) electrons. The normalized spacial score (nSPS) is 25.6. The van der Waals surface area contributed by atoms with Crippen LogP contribution in [0.15, 0.2) is 46.9 Å². The lowest BCUT2D eigenvalue weighted by Crippen LogP contribution is -2.41. The molecule has 30 heavy (non-hydrogen) atoms. The van der Waals surface area contributed by atoms with Crippen LogP contribution in [0.3, 0.4) is 0 Å². The zero-order chi connectivity index (χ0) is 21.9. The van der Waals surface area contributed by atoms with E-state index in [2.05, 4.69) is 6.58 Å². The third-order valence-electron chi connectivity index (χ3n) is 6.67. The van der Waals surface area contributed by atoms with Gasteiger partial charge in [-0.15, -0.1) is 0 Å². The maximum absolute atomic E-state index is 13.5. The summed E-state index contributed by atoms with van der Waals surface area (Å²) in [4.78, 5) is 37.7. The van der Waals surface area contributed by atoms with Crippen molar-refractivity contribution < 1.29 is 19.6 Å². The molecular formula is C22H23N3O5. The molecule has 0 saturated carbocycles. The summed E-state index contributed by atoms with van der Waals surface area (Å²) < 4.78 is 0. The molecule has 1 aromatic rings. The molecule has 0 fully saturated rings. The molecule has 3 unspecified atom stereocenters. The Labute approximate surface area is 173 Å². The van der Waals surface area contributed by atoms with Gasteiger partial charge in [-0.2, -0.15) is 0 Å². The van der Waals surface area contributed by atoms with Gasteiger partial charge in [0.25, 0.3) is 5.69 Å². The number of allylic oxidation sites excluding steroid dienone is 4. The minimum absolute atomic E-state index is 0.0113. The average molecular weight is 409 g/mol. The summed E-state index contributed by atoms with van der Waals surface area (Å²) in [7, 11) is 0. The van der Waals surface area contributed by atoms with Gasteiger partial charge in [0.15, 0.2) is 11.6 Å². The number of hydrogen-bond donors (Lipinski definition) is 3. The number of benzene rings is 1. The van der Waals surface area contributed by atoms with Gasteiger partial charge in [-0.1, -0.05) is 18.2 Å². The lowest BCUT2D eigenvalue weighted by Gasteiger charge is -2.42. The molecule has 8 nitrogen and oxygen atoms in total. The SMILES string of the molecule is C=C(N)C1=C(O)CC2CC3Cc4c([N+](=O)[O-])ccc(CN)c4C(=O)C3=C(C)C2C1=O. The Hall–Kier alpha value is -3.26. The maximum Gasteiger partial charge on any atom is 0.273 e. The van der Waals surface area contributed by atoms with Gasteiger partial charge in [-0.05, 0) is 37.2 Å². The summed E-state index contributed by atoms with van der Waals surface area (Å²) in [6.45, 7) is 5.44. The number of carbonyl (C=O) groups is 2. The summed E-state index contributed by atoms with van der Waals surface area (Å²) in [6, 6.07) is 2.93. The summed E-state index contributed by atoms with van der Waals surface area (Å²) in [6.07, 6.45) is 1.07. The van der Waals surface area contributed by atoms with Crippen LogP contribution in [0.1, 0.15) is 41.3 Å². The van der Waals surface area contributed by atoms with Gasteiger partial charge >= 0.3 is 0 Å². The highest BCUT2D eigenvalue weighted by Gasteiger charge is 2.48. The molecule has 0 bridgehead atoms. The van der Waals surface area contributed by atoms with Crippen molar-refractivity contribution in [1.82, 2.24) is 0 Å². The Morgan fingerprint density at radius 1 is 1.33 bits per heavy atom. The molecule has 1 aromatic carbocycles. The molecule has 0 saturated heterocycles. The smallest absolute Gasteiger partial charge is 0.273 e. The standard InChI is InChI=1S/C22H23N3O5/c1-9-17-12(5-13-7-16(26)19(10(2)24)21(27)18(9)13)6-14-15(25(29)30)4-3-11(8-23)20(14)22(17)28/h3-4,12-13,18,26H,2,5-8,23-24H2,1H3. The predicted octanol–water partition coefficient (Wildman–Crippen LogP) is 2.62. The highest BCUT2D eigenvalue weighted by Crippen LogP contribution is 2.50. The second-order valence-electron chi connectivity index (χ2n) is 8.27. The molecule has 0 aliphatic heterocycles. The molecule has 0 amide bonds. The zero-order valence-electron chi connectivity index (χ0n) is 16.6. The fraction of sp³-hybridized carbons (Fsp3) is 0.364. The van der Waals surface area contributed by atoms with E-state index < -0.39 is 10.8 Å². The molecule has 0 spiro atoms. The lowest BCUT2D eigenvalue weighted by molar-refractivity contribution is -0.385. The summed E-state index contributed by atoms with van der Waals surface area (Å²) >= 11 is 0. The van der Waals surface area contributed by atoms with E-state index >= 15 is 0 Å². The Morgan fingerprint density at radius 3 is 2.63 bits per heavy atom. The Morgan fingerprint density at radius 2 is 2.03 bits per heavy atom. The number of rotatable bonds is 3. The number of fused-ring (bicyclic) bond motifs is 3. The van der Waals surface area contributed by atoms with Crippen molar-refractivity contribution in [3.05, 3.63) is 73.7 Å². The van der Waals surface area contributed by atoms with Crippen LogP contribution in [-0.2, 0) is 17.8 Å². The van der Waals surface area contributed by atoms with Crippen LogP contribution in [-0.4, -0.2) is 21.6 Å². The van der Waals surface area contributed by atoms with E-state index in [9.17, 15) is 24.8 Å². The number of hydrogen-bond acceptors (Lipinski definition) is 7. The number of nitro groups is 1. The molecule has 0 aromatic heterocycles. The van der Waals surface area contributed by atoms with E-state index in [-0.39, 0.29) is 59.1 Å². The highest BCUT2D eigenvalue weighted by atomic mass is 16.6. The molecular weight excluding hydrogens is 386 g/mol. The molecule has 3 aliphatic rings. The average Bonchev–Trinajstić information content (AvgIpc) is 2.65. The van der Waals surface area contributed by atoms with Crippen LogP contribution >= 0.6 is 0 Å².